The van der Waals surface area contributed by atoms with E-state index in [-0.39, 0.29) is 11.7 Å². The molecule has 0 bridgehead atoms. The van der Waals surface area contributed by atoms with Crippen molar-refractivity contribution in [2.24, 2.45) is 5.10 Å². The highest BCUT2D eigenvalue weighted by molar-refractivity contribution is 9.11. The fraction of sp³-hybridized carbons (Fsp3) is 0.125. The van der Waals surface area contributed by atoms with E-state index < -0.39 is 0 Å². The molecule has 27 heavy (non-hydrogen) atoms. The summed E-state index contributed by atoms with van der Waals surface area (Å²) in [4.78, 5) is 12.8. The molecule has 5 nitrogen and oxygen atoms in total. The molecular formula is C16H12BrClN4OS4. The zero-order valence-corrected chi connectivity index (χ0v) is 19.2. The lowest BCUT2D eigenvalue weighted by Gasteiger charge is -2.00. The average Bonchev–Trinajstić information content (AvgIpc) is 3.28. The number of amides is 1. The molecule has 2 aromatic heterocycles. The highest BCUT2D eigenvalue weighted by atomic mass is 79.9. The minimum atomic E-state index is -0.188. The molecule has 0 aliphatic rings. The molecule has 0 unspecified atom stereocenters. The van der Waals surface area contributed by atoms with Crippen LogP contribution in [0.15, 0.2) is 54.0 Å². The standard InChI is InChI=1S/C16H12BrClN4OS4/c17-13-6-5-11(26-13)7-19-20-14(23)9-25-16-22-21-15(27-16)24-8-10-3-1-2-4-12(10)18/h1-7H,8-9H2,(H,20,23). The Balaban J connectivity index is 1.41. The third-order valence-electron chi connectivity index (χ3n) is 3.00. The Morgan fingerprint density at radius 2 is 1.96 bits per heavy atom. The predicted octanol–water partition coefficient (Wildman–Crippen LogP) is 5.55. The number of aromatic nitrogens is 2. The van der Waals surface area contributed by atoms with Gasteiger partial charge in [0.2, 0.25) is 0 Å². The van der Waals surface area contributed by atoms with Gasteiger partial charge in [0.1, 0.15) is 0 Å². The van der Waals surface area contributed by atoms with Crippen LogP contribution in [0.5, 0.6) is 0 Å². The lowest BCUT2D eigenvalue weighted by atomic mass is 10.2. The van der Waals surface area contributed by atoms with Gasteiger partial charge in [-0.15, -0.1) is 21.5 Å². The van der Waals surface area contributed by atoms with Crippen LogP contribution in [0.25, 0.3) is 0 Å². The molecule has 0 radical (unpaired) electrons. The number of carbonyl (C=O) groups is 1. The van der Waals surface area contributed by atoms with Crippen molar-refractivity contribution in [1.82, 2.24) is 15.6 Å². The first-order valence-corrected chi connectivity index (χ1v) is 12.3. The van der Waals surface area contributed by atoms with Gasteiger partial charge in [-0.3, -0.25) is 4.79 Å². The Kier molecular flexibility index (Phi) is 8.16. The number of hydrogen-bond donors (Lipinski definition) is 1. The minimum absolute atomic E-state index is 0.188. The summed E-state index contributed by atoms with van der Waals surface area (Å²) in [7, 11) is 0. The Morgan fingerprint density at radius 3 is 2.70 bits per heavy atom. The minimum Gasteiger partial charge on any atom is -0.272 e. The van der Waals surface area contributed by atoms with E-state index in [1.165, 1.54) is 34.4 Å². The highest BCUT2D eigenvalue weighted by Gasteiger charge is 2.09. The SMILES string of the molecule is O=C(CSc1nnc(SCc2ccccc2Cl)s1)NN=Cc1ccc(Br)s1. The number of benzene rings is 1. The van der Waals surface area contributed by atoms with Gasteiger partial charge < -0.3 is 0 Å². The molecule has 1 aromatic carbocycles. The molecule has 3 aromatic rings. The smallest absolute Gasteiger partial charge is 0.250 e. The second kappa shape index (κ2) is 10.6. The number of nitrogens with zero attached hydrogens (tertiary/aromatic N) is 3. The molecule has 0 saturated heterocycles. The Hall–Kier alpha value is -0.910. The van der Waals surface area contributed by atoms with Gasteiger partial charge in [-0.05, 0) is 39.7 Å². The Bertz CT molecular complexity index is 946. The Morgan fingerprint density at radius 1 is 1.19 bits per heavy atom. The summed E-state index contributed by atoms with van der Waals surface area (Å²) in [6, 6.07) is 11.6. The number of carbonyl (C=O) groups excluding carboxylic acids is 1. The Labute approximate surface area is 186 Å². The lowest BCUT2D eigenvalue weighted by Crippen LogP contribution is -2.19. The molecule has 1 N–H and O–H groups in total. The lowest BCUT2D eigenvalue weighted by molar-refractivity contribution is -0.118. The fourth-order valence-electron chi connectivity index (χ4n) is 1.79. The highest BCUT2D eigenvalue weighted by Crippen LogP contribution is 2.32. The van der Waals surface area contributed by atoms with E-state index in [1.54, 1.807) is 18.0 Å². The normalized spacial score (nSPS) is 11.2. The second-order valence-electron chi connectivity index (χ2n) is 4.94. The summed E-state index contributed by atoms with van der Waals surface area (Å²) in [5.41, 5.74) is 3.57. The number of thioether (sulfide) groups is 2. The van der Waals surface area contributed by atoms with Gasteiger partial charge in [0.25, 0.3) is 5.91 Å². The summed E-state index contributed by atoms with van der Waals surface area (Å²) in [6.07, 6.45) is 1.62. The molecule has 11 heteroatoms. The van der Waals surface area contributed by atoms with E-state index in [0.717, 1.165) is 33.7 Å². The van der Waals surface area contributed by atoms with E-state index >= 15 is 0 Å². The molecule has 140 valence electrons. The third kappa shape index (κ3) is 6.88. The number of hydrazone groups is 1. The number of thiophene rings is 1. The first-order valence-electron chi connectivity index (χ1n) is 7.50. The fourth-order valence-corrected chi connectivity index (χ4v) is 6.19. The number of rotatable bonds is 8. The van der Waals surface area contributed by atoms with Crippen molar-refractivity contribution in [3.63, 3.8) is 0 Å². The number of nitrogens with one attached hydrogen (secondary N) is 1. The van der Waals surface area contributed by atoms with Crippen LogP contribution in [-0.4, -0.2) is 28.1 Å². The monoisotopic (exact) mass is 518 g/mol. The molecule has 0 spiro atoms. The van der Waals surface area contributed by atoms with E-state index in [4.69, 9.17) is 11.6 Å². The number of hydrogen-bond acceptors (Lipinski definition) is 8. The van der Waals surface area contributed by atoms with Gasteiger partial charge in [0, 0.05) is 15.7 Å². The predicted molar refractivity (Wildman–Crippen MR) is 119 cm³/mol. The van der Waals surface area contributed by atoms with Gasteiger partial charge in [-0.25, -0.2) is 5.43 Å². The average molecular weight is 520 g/mol. The zero-order valence-electron chi connectivity index (χ0n) is 13.6. The molecule has 0 saturated carbocycles. The largest absolute Gasteiger partial charge is 0.272 e. The van der Waals surface area contributed by atoms with Gasteiger partial charge in [-0.1, -0.05) is 64.7 Å². The van der Waals surface area contributed by atoms with Crippen molar-refractivity contribution in [3.05, 3.63) is 55.6 Å². The van der Waals surface area contributed by atoms with Gasteiger partial charge in [0.15, 0.2) is 8.68 Å². The van der Waals surface area contributed by atoms with E-state index in [0.29, 0.717) is 0 Å². The molecule has 0 fully saturated rings. The summed E-state index contributed by atoms with van der Waals surface area (Å²) >= 11 is 15.5. The van der Waals surface area contributed by atoms with Gasteiger partial charge >= 0.3 is 0 Å². The first-order chi connectivity index (χ1) is 13.1. The quantitative estimate of drug-likeness (QED) is 0.240. The van der Waals surface area contributed by atoms with Crippen molar-refractivity contribution >= 4 is 85.9 Å². The van der Waals surface area contributed by atoms with E-state index in [9.17, 15) is 4.79 Å². The van der Waals surface area contributed by atoms with Crippen molar-refractivity contribution in [2.45, 2.75) is 14.4 Å². The second-order valence-corrected chi connectivity index (χ2v) is 11.3. The van der Waals surface area contributed by atoms with Crippen molar-refractivity contribution in [1.29, 1.82) is 0 Å². The van der Waals surface area contributed by atoms with Crippen LogP contribution in [0.2, 0.25) is 5.02 Å². The molecule has 0 aliphatic heterocycles. The maximum absolute atomic E-state index is 11.9. The van der Waals surface area contributed by atoms with Crippen molar-refractivity contribution < 1.29 is 4.79 Å². The maximum atomic E-state index is 11.9. The summed E-state index contributed by atoms with van der Waals surface area (Å²) in [6.45, 7) is 0. The van der Waals surface area contributed by atoms with E-state index in [1.807, 2.05) is 36.4 Å². The molecular weight excluding hydrogens is 508 g/mol. The molecule has 0 atom stereocenters. The van der Waals surface area contributed by atoms with Crippen molar-refractivity contribution in [3.8, 4) is 0 Å². The van der Waals surface area contributed by atoms with Crippen molar-refractivity contribution in [2.75, 3.05) is 5.75 Å². The van der Waals surface area contributed by atoms with Crippen LogP contribution >= 0.6 is 73.7 Å². The third-order valence-corrected chi connectivity index (χ3v) is 8.16. The van der Waals surface area contributed by atoms with Crippen LogP contribution < -0.4 is 5.43 Å². The van der Waals surface area contributed by atoms with Gasteiger partial charge in [0.05, 0.1) is 15.8 Å². The molecule has 0 aliphatic carbocycles. The van der Waals surface area contributed by atoms with Crippen LogP contribution in [0.4, 0.5) is 0 Å². The first kappa shape index (κ1) is 20.8. The maximum Gasteiger partial charge on any atom is 0.250 e. The van der Waals surface area contributed by atoms with E-state index in [2.05, 4.69) is 36.7 Å². The van der Waals surface area contributed by atoms with Crippen LogP contribution in [0.3, 0.4) is 0 Å². The zero-order chi connectivity index (χ0) is 19.1. The summed E-state index contributed by atoms with van der Waals surface area (Å²) < 4.78 is 2.61. The molecule has 2 heterocycles. The van der Waals surface area contributed by atoms with Gasteiger partial charge in [-0.2, -0.15) is 5.10 Å². The topological polar surface area (TPSA) is 67.2 Å². The van der Waals surface area contributed by atoms with Crippen LogP contribution in [0, 0.1) is 0 Å². The summed E-state index contributed by atoms with van der Waals surface area (Å²) in [5, 5.41) is 12.9. The van der Waals surface area contributed by atoms with Crippen LogP contribution in [0.1, 0.15) is 10.4 Å². The summed E-state index contributed by atoms with van der Waals surface area (Å²) in [5.74, 6) is 0.773. The molecule has 3 rings (SSSR count). The number of halogens is 2. The molecule has 1 amide bonds. The van der Waals surface area contributed by atoms with Crippen LogP contribution in [-0.2, 0) is 10.5 Å².